The molecule has 0 bridgehead atoms. The predicted molar refractivity (Wildman–Crippen MR) is 93.6 cm³/mol. The maximum Gasteiger partial charge on any atom is 0.225 e. The van der Waals surface area contributed by atoms with Crippen molar-refractivity contribution in [2.45, 2.75) is 52.4 Å². The van der Waals surface area contributed by atoms with Crippen molar-refractivity contribution in [2.24, 2.45) is 0 Å². The summed E-state index contributed by atoms with van der Waals surface area (Å²) in [7, 11) is 0. The lowest BCUT2D eigenvalue weighted by atomic mass is 10.2. The normalized spacial score (nSPS) is 10.8. The van der Waals surface area contributed by atoms with E-state index in [1.54, 1.807) is 11.3 Å². The summed E-state index contributed by atoms with van der Waals surface area (Å²) in [6.45, 7) is 6.33. The molecule has 0 saturated heterocycles. The Morgan fingerprint density at radius 2 is 1.82 bits per heavy atom. The van der Waals surface area contributed by atoms with Gasteiger partial charge in [0.15, 0.2) is 0 Å². The van der Waals surface area contributed by atoms with Gasteiger partial charge in [0.2, 0.25) is 5.95 Å². The third-order valence-electron chi connectivity index (χ3n) is 3.79. The first-order chi connectivity index (χ1) is 10.8. The molecule has 0 spiro atoms. The number of thiazole rings is 1. The van der Waals surface area contributed by atoms with Crippen LogP contribution in [-0.2, 0) is 12.8 Å². The molecule has 0 unspecified atom stereocenters. The minimum absolute atomic E-state index is 0.851. The first kappa shape index (κ1) is 16.9. The minimum atomic E-state index is 0.851. The van der Waals surface area contributed by atoms with E-state index in [0.29, 0.717) is 0 Å². The Morgan fingerprint density at radius 3 is 2.45 bits per heavy atom. The Balaban J connectivity index is 1.95. The first-order valence-electron chi connectivity index (χ1n) is 8.26. The highest BCUT2D eigenvalue weighted by atomic mass is 32.1. The molecule has 0 amide bonds. The molecule has 2 aromatic heterocycles. The van der Waals surface area contributed by atoms with Gasteiger partial charge in [-0.2, -0.15) is 0 Å². The van der Waals surface area contributed by atoms with E-state index in [1.807, 2.05) is 17.9 Å². The van der Waals surface area contributed by atoms with Gasteiger partial charge in [0, 0.05) is 37.3 Å². The number of nitrogens with zero attached hydrogens (tertiary/aromatic N) is 4. The highest BCUT2D eigenvalue weighted by Gasteiger charge is 2.10. The van der Waals surface area contributed by atoms with Gasteiger partial charge < -0.3 is 4.90 Å². The molecule has 0 fully saturated rings. The van der Waals surface area contributed by atoms with Crippen molar-refractivity contribution in [3.8, 4) is 0 Å². The zero-order valence-electron chi connectivity index (χ0n) is 13.7. The lowest BCUT2D eigenvalue weighted by Gasteiger charge is -2.22. The molecule has 4 nitrogen and oxygen atoms in total. The third-order valence-corrected chi connectivity index (χ3v) is 4.42. The molecule has 0 aliphatic rings. The second-order valence-corrected chi connectivity index (χ2v) is 6.24. The SMILES string of the molecule is CCCCCCN(CCc1cscn1)c1ncc(CC)cn1. The van der Waals surface area contributed by atoms with Crippen LogP contribution in [0.5, 0.6) is 0 Å². The van der Waals surface area contributed by atoms with E-state index in [0.717, 1.165) is 37.6 Å². The number of unbranched alkanes of at least 4 members (excludes halogenated alkanes) is 3. The molecule has 0 radical (unpaired) electrons. The van der Waals surface area contributed by atoms with Crippen LogP contribution < -0.4 is 4.90 Å². The molecule has 0 aromatic carbocycles. The molecule has 0 aliphatic carbocycles. The van der Waals surface area contributed by atoms with Gasteiger partial charge >= 0.3 is 0 Å². The number of hydrogen-bond acceptors (Lipinski definition) is 5. The van der Waals surface area contributed by atoms with Crippen molar-refractivity contribution in [3.05, 3.63) is 34.5 Å². The van der Waals surface area contributed by atoms with Crippen molar-refractivity contribution >= 4 is 17.3 Å². The molecule has 0 aliphatic heterocycles. The van der Waals surface area contributed by atoms with Gasteiger partial charge in [0.05, 0.1) is 11.2 Å². The Morgan fingerprint density at radius 1 is 1.00 bits per heavy atom. The topological polar surface area (TPSA) is 41.9 Å². The summed E-state index contributed by atoms with van der Waals surface area (Å²) >= 11 is 1.66. The van der Waals surface area contributed by atoms with Crippen molar-refractivity contribution in [1.29, 1.82) is 0 Å². The summed E-state index contributed by atoms with van der Waals surface area (Å²) in [5.41, 5.74) is 4.25. The van der Waals surface area contributed by atoms with Crippen molar-refractivity contribution in [3.63, 3.8) is 0 Å². The van der Waals surface area contributed by atoms with E-state index in [9.17, 15) is 0 Å². The van der Waals surface area contributed by atoms with Crippen molar-refractivity contribution < 1.29 is 0 Å². The maximum absolute atomic E-state index is 4.55. The molecule has 0 atom stereocenters. The van der Waals surface area contributed by atoms with E-state index >= 15 is 0 Å². The minimum Gasteiger partial charge on any atom is -0.340 e. The highest BCUT2D eigenvalue weighted by Crippen LogP contribution is 2.12. The fraction of sp³-hybridized carbons (Fsp3) is 0.588. The molecule has 0 saturated carbocycles. The average molecular weight is 318 g/mol. The van der Waals surface area contributed by atoms with E-state index in [1.165, 1.54) is 31.2 Å². The highest BCUT2D eigenvalue weighted by molar-refractivity contribution is 7.07. The molecular weight excluding hydrogens is 292 g/mol. The van der Waals surface area contributed by atoms with E-state index in [-0.39, 0.29) is 0 Å². The lowest BCUT2D eigenvalue weighted by Crippen LogP contribution is -2.29. The Hall–Kier alpha value is -1.49. The summed E-state index contributed by atoms with van der Waals surface area (Å²) in [5, 5.41) is 2.12. The fourth-order valence-electron chi connectivity index (χ4n) is 2.35. The number of aryl methyl sites for hydroxylation is 1. The van der Waals surface area contributed by atoms with Crippen LogP contribution in [0.15, 0.2) is 23.3 Å². The molecular formula is C17H26N4S. The zero-order chi connectivity index (χ0) is 15.6. The Bertz CT molecular complexity index is 510. The van der Waals surface area contributed by atoms with E-state index in [2.05, 4.69) is 39.1 Å². The van der Waals surface area contributed by atoms with Crippen LogP contribution in [0.4, 0.5) is 5.95 Å². The van der Waals surface area contributed by atoms with Gasteiger partial charge in [-0.25, -0.2) is 15.0 Å². The van der Waals surface area contributed by atoms with Crippen molar-refractivity contribution in [2.75, 3.05) is 18.0 Å². The monoisotopic (exact) mass is 318 g/mol. The van der Waals surface area contributed by atoms with E-state index in [4.69, 9.17) is 0 Å². The van der Waals surface area contributed by atoms with Crippen LogP contribution in [0.2, 0.25) is 0 Å². The molecule has 0 N–H and O–H groups in total. The largest absolute Gasteiger partial charge is 0.340 e. The van der Waals surface area contributed by atoms with Crippen LogP contribution in [0, 0.1) is 0 Å². The molecule has 5 heteroatoms. The van der Waals surface area contributed by atoms with Crippen LogP contribution in [0.25, 0.3) is 0 Å². The van der Waals surface area contributed by atoms with Crippen LogP contribution in [0.3, 0.4) is 0 Å². The molecule has 2 aromatic rings. The molecule has 2 rings (SSSR count). The Labute approximate surface area is 137 Å². The van der Waals surface area contributed by atoms with Gasteiger partial charge in [-0.15, -0.1) is 11.3 Å². The molecule has 120 valence electrons. The number of hydrogen-bond donors (Lipinski definition) is 0. The van der Waals surface area contributed by atoms with Gasteiger partial charge in [0.25, 0.3) is 0 Å². The van der Waals surface area contributed by atoms with Crippen LogP contribution >= 0.6 is 11.3 Å². The summed E-state index contributed by atoms with van der Waals surface area (Å²) in [6, 6.07) is 0. The smallest absolute Gasteiger partial charge is 0.225 e. The van der Waals surface area contributed by atoms with E-state index < -0.39 is 0 Å². The third kappa shape index (κ3) is 5.37. The van der Waals surface area contributed by atoms with Crippen LogP contribution in [0.1, 0.15) is 50.8 Å². The molecule has 2 heterocycles. The second-order valence-electron chi connectivity index (χ2n) is 5.52. The average Bonchev–Trinajstić information content (AvgIpc) is 3.08. The zero-order valence-corrected chi connectivity index (χ0v) is 14.5. The number of aromatic nitrogens is 3. The quantitative estimate of drug-likeness (QED) is 0.618. The standard InChI is InChI=1S/C17H26N4S/c1-3-5-6-7-9-21(10-8-16-13-22-14-20-16)17-18-11-15(4-2)12-19-17/h11-14H,3-10H2,1-2H3. The first-order valence-corrected chi connectivity index (χ1v) is 9.20. The fourth-order valence-corrected chi connectivity index (χ4v) is 2.94. The lowest BCUT2D eigenvalue weighted by molar-refractivity contribution is 0.632. The van der Waals surface area contributed by atoms with Crippen LogP contribution in [-0.4, -0.2) is 28.0 Å². The summed E-state index contributed by atoms with van der Waals surface area (Å²) in [6.07, 6.45) is 10.9. The van der Waals surface area contributed by atoms with Gasteiger partial charge in [-0.1, -0.05) is 33.1 Å². The number of rotatable bonds is 10. The number of anilines is 1. The predicted octanol–water partition coefficient (Wildman–Crippen LogP) is 4.12. The second kappa shape index (κ2) is 9.51. The Kier molecular flexibility index (Phi) is 7.30. The van der Waals surface area contributed by atoms with Gasteiger partial charge in [0.1, 0.15) is 0 Å². The molecule has 22 heavy (non-hydrogen) atoms. The van der Waals surface area contributed by atoms with Gasteiger partial charge in [-0.05, 0) is 18.4 Å². The summed E-state index contributed by atoms with van der Waals surface area (Å²) < 4.78 is 0. The summed E-state index contributed by atoms with van der Waals surface area (Å²) in [5.74, 6) is 0.851. The summed E-state index contributed by atoms with van der Waals surface area (Å²) in [4.78, 5) is 15.8. The van der Waals surface area contributed by atoms with Crippen molar-refractivity contribution in [1.82, 2.24) is 15.0 Å². The van der Waals surface area contributed by atoms with Gasteiger partial charge in [-0.3, -0.25) is 0 Å². The maximum atomic E-state index is 4.55.